The number of hydrogen-bond donors (Lipinski definition) is 0. The van der Waals surface area contributed by atoms with Crippen LogP contribution in [0.25, 0.3) is 11.0 Å². The molecule has 5 nitrogen and oxygen atoms in total. The largest absolute Gasteiger partial charge is 0.457 e. The summed E-state index contributed by atoms with van der Waals surface area (Å²) in [6.07, 6.45) is 5.02. The molecule has 0 N–H and O–H groups in total. The summed E-state index contributed by atoms with van der Waals surface area (Å²) in [4.78, 5) is 18.1. The number of carbonyl (C=O) groups excluding carboxylic acids is 1. The van der Waals surface area contributed by atoms with Gasteiger partial charge in [0.05, 0.1) is 12.2 Å². The average Bonchev–Trinajstić information content (AvgIpc) is 3.02. The van der Waals surface area contributed by atoms with Crippen LogP contribution in [0.3, 0.4) is 0 Å². The molecule has 0 unspecified atom stereocenters. The maximum absolute atomic E-state index is 12.3. The molecule has 1 amide bonds. The highest BCUT2D eigenvalue weighted by molar-refractivity contribution is 5.77. The first-order chi connectivity index (χ1) is 9.94. The Labute approximate surface area is 123 Å². The van der Waals surface area contributed by atoms with E-state index in [1.165, 1.54) is 0 Å². The van der Waals surface area contributed by atoms with Gasteiger partial charge in [-0.1, -0.05) is 0 Å². The van der Waals surface area contributed by atoms with E-state index in [4.69, 9.17) is 9.15 Å². The lowest BCUT2D eigenvalue weighted by molar-refractivity contribution is 0.0209. The number of furan rings is 1. The van der Waals surface area contributed by atoms with Crippen molar-refractivity contribution in [1.82, 2.24) is 9.88 Å². The number of fused-ring (bicyclic) bond motifs is 1. The molecule has 112 valence electrons. The number of hydrogen-bond acceptors (Lipinski definition) is 4. The smallest absolute Gasteiger partial charge is 0.410 e. The SMILES string of the molecule is CC(C)(C)OC(=O)N1CCC[C@H]1c1cc2ccncc2o1. The first-order valence-electron chi connectivity index (χ1n) is 7.27. The van der Waals surface area contributed by atoms with Crippen LogP contribution in [0.4, 0.5) is 4.79 Å². The van der Waals surface area contributed by atoms with Gasteiger partial charge in [-0.25, -0.2) is 4.79 Å². The number of carbonyl (C=O) groups is 1. The molecule has 1 atom stereocenters. The fraction of sp³-hybridized carbons (Fsp3) is 0.500. The van der Waals surface area contributed by atoms with E-state index in [2.05, 4.69) is 4.98 Å². The van der Waals surface area contributed by atoms with E-state index in [1.54, 1.807) is 17.3 Å². The molecule has 1 fully saturated rings. The molecule has 21 heavy (non-hydrogen) atoms. The Morgan fingerprint density at radius 3 is 3.00 bits per heavy atom. The maximum Gasteiger partial charge on any atom is 0.410 e. The number of ether oxygens (including phenoxy) is 1. The lowest BCUT2D eigenvalue weighted by Crippen LogP contribution is -2.36. The predicted octanol–water partition coefficient (Wildman–Crippen LogP) is 3.90. The van der Waals surface area contributed by atoms with Crippen molar-refractivity contribution in [3.8, 4) is 0 Å². The van der Waals surface area contributed by atoms with Crippen molar-refractivity contribution >= 4 is 17.1 Å². The van der Waals surface area contributed by atoms with Crippen LogP contribution in [-0.2, 0) is 4.74 Å². The number of rotatable bonds is 1. The quantitative estimate of drug-likeness (QED) is 0.798. The second-order valence-electron chi connectivity index (χ2n) is 6.39. The molecular formula is C16H20N2O3. The summed E-state index contributed by atoms with van der Waals surface area (Å²) in [5.74, 6) is 0.807. The minimum atomic E-state index is -0.484. The van der Waals surface area contributed by atoms with Gasteiger partial charge in [-0.15, -0.1) is 0 Å². The van der Waals surface area contributed by atoms with Crippen LogP contribution >= 0.6 is 0 Å². The highest BCUT2D eigenvalue weighted by Crippen LogP contribution is 2.35. The molecule has 1 saturated heterocycles. The molecule has 3 heterocycles. The highest BCUT2D eigenvalue weighted by atomic mass is 16.6. The molecule has 2 aromatic heterocycles. The van der Waals surface area contributed by atoms with Crippen molar-refractivity contribution in [1.29, 1.82) is 0 Å². The lowest BCUT2D eigenvalue weighted by atomic mass is 10.1. The zero-order chi connectivity index (χ0) is 15.0. The van der Waals surface area contributed by atoms with Gasteiger partial charge in [0.1, 0.15) is 11.4 Å². The van der Waals surface area contributed by atoms with E-state index < -0.39 is 5.60 Å². The molecule has 1 aliphatic heterocycles. The molecule has 5 heteroatoms. The van der Waals surface area contributed by atoms with E-state index in [1.807, 2.05) is 32.9 Å². The minimum Gasteiger partial charge on any atom is -0.457 e. The number of amides is 1. The normalized spacial score (nSPS) is 19.2. The number of nitrogens with zero attached hydrogens (tertiary/aromatic N) is 2. The van der Waals surface area contributed by atoms with Gasteiger partial charge in [0, 0.05) is 18.1 Å². The summed E-state index contributed by atoms with van der Waals surface area (Å²) in [6.45, 7) is 6.34. The first-order valence-corrected chi connectivity index (χ1v) is 7.27. The molecular weight excluding hydrogens is 268 g/mol. The Bertz CT molecular complexity index is 624. The molecule has 0 spiro atoms. The summed E-state index contributed by atoms with van der Waals surface area (Å²) in [6, 6.07) is 3.85. The van der Waals surface area contributed by atoms with Crippen molar-refractivity contribution in [2.45, 2.75) is 45.3 Å². The maximum atomic E-state index is 12.3. The summed E-state index contributed by atoms with van der Waals surface area (Å²) < 4.78 is 11.3. The third kappa shape index (κ3) is 2.86. The minimum absolute atomic E-state index is 0.0488. The summed E-state index contributed by atoms with van der Waals surface area (Å²) in [5.41, 5.74) is 0.269. The van der Waals surface area contributed by atoms with Gasteiger partial charge in [-0.05, 0) is 45.7 Å². The fourth-order valence-corrected chi connectivity index (χ4v) is 2.67. The van der Waals surface area contributed by atoms with Crippen LogP contribution in [0.1, 0.15) is 45.4 Å². The average molecular weight is 288 g/mol. The second-order valence-corrected chi connectivity index (χ2v) is 6.39. The van der Waals surface area contributed by atoms with Gasteiger partial charge in [0.15, 0.2) is 5.58 Å². The van der Waals surface area contributed by atoms with Gasteiger partial charge >= 0.3 is 6.09 Å². The summed E-state index contributed by atoms with van der Waals surface area (Å²) >= 11 is 0. The van der Waals surface area contributed by atoms with Gasteiger partial charge in [-0.2, -0.15) is 0 Å². The van der Waals surface area contributed by atoms with Gasteiger partial charge < -0.3 is 9.15 Å². The van der Waals surface area contributed by atoms with E-state index in [-0.39, 0.29) is 12.1 Å². The van der Waals surface area contributed by atoms with Crippen LogP contribution < -0.4 is 0 Å². The number of aromatic nitrogens is 1. The fourth-order valence-electron chi connectivity index (χ4n) is 2.67. The Hall–Kier alpha value is -2.04. The van der Waals surface area contributed by atoms with Crippen molar-refractivity contribution in [2.24, 2.45) is 0 Å². The van der Waals surface area contributed by atoms with Gasteiger partial charge in [0.2, 0.25) is 0 Å². The Morgan fingerprint density at radius 2 is 2.29 bits per heavy atom. The molecule has 0 aliphatic carbocycles. The topological polar surface area (TPSA) is 55.6 Å². The standard InChI is InChI=1S/C16H20N2O3/c1-16(2,3)21-15(19)18-8-4-5-12(18)13-9-11-6-7-17-10-14(11)20-13/h6-7,9-10,12H,4-5,8H2,1-3H3/t12-/m0/s1. The highest BCUT2D eigenvalue weighted by Gasteiger charge is 2.35. The lowest BCUT2D eigenvalue weighted by Gasteiger charge is -2.27. The van der Waals surface area contributed by atoms with Crippen LogP contribution in [0.5, 0.6) is 0 Å². The molecule has 0 bridgehead atoms. The first kappa shape index (κ1) is 13.9. The number of pyridine rings is 1. The molecule has 1 aliphatic rings. The number of likely N-dealkylation sites (tertiary alicyclic amines) is 1. The third-order valence-corrected chi connectivity index (χ3v) is 3.55. The van der Waals surface area contributed by atoms with Crippen molar-refractivity contribution in [3.63, 3.8) is 0 Å². The van der Waals surface area contributed by atoms with E-state index in [9.17, 15) is 4.79 Å². The Balaban J connectivity index is 1.85. The van der Waals surface area contributed by atoms with Crippen LogP contribution in [-0.4, -0.2) is 28.1 Å². The monoisotopic (exact) mass is 288 g/mol. The summed E-state index contributed by atoms with van der Waals surface area (Å²) in [7, 11) is 0. The van der Waals surface area contributed by atoms with Crippen molar-refractivity contribution in [2.75, 3.05) is 6.54 Å². The van der Waals surface area contributed by atoms with E-state index >= 15 is 0 Å². The second kappa shape index (κ2) is 5.06. The zero-order valence-corrected chi connectivity index (χ0v) is 12.6. The van der Waals surface area contributed by atoms with Crippen molar-refractivity contribution < 1.29 is 13.9 Å². The van der Waals surface area contributed by atoms with E-state index in [0.717, 1.165) is 29.6 Å². The predicted molar refractivity (Wildman–Crippen MR) is 78.9 cm³/mol. The van der Waals surface area contributed by atoms with Gasteiger partial charge in [-0.3, -0.25) is 9.88 Å². The molecule has 3 rings (SSSR count). The van der Waals surface area contributed by atoms with Gasteiger partial charge in [0.25, 0.3) is 0 Å². The molecule has 0 radical (unpaired) electrons. The zero-order valence-electron chi connectivity index (χ0n) is 12.6. The van der Waals surface area contributed by atoms with Crippen LogP contribution in [0, 0.1) is 0 Å². The third-order valence-electron chi connectivity index (χ3n) is 3.55. The summed E-state index contributed by atoms with van der Waals surface area (Å²) in [5, 5.41) is 1.01. The molecule has 0 aromatic carbocycles. The molecule has 2 aromatic rings. The van der Waals surface area contributed by atoms with Crippen LogP contribution in [0.2, 0.25) is 0 Å². The Kier molecular flexibility index (Phi) is 3.35. The van der Waals surface area contributed by atoms with Crippen molar-refractivity contribution in [3.05, 3.63) is 30.3 Å². The Morgan fingerprint density at radius 1 is 1.48 bits per heavy atom. The van der Waals surface area contributed by atoms with E-state index in [0.29, 0.717) is 6.54 Å². The van der Waals surface area contributed by atoms with Crippen LogP contribution in [0.15, 0.2) is 28.9 Å². The molecule has 0 saturated carbocycles.